The van der Waals surface area contributed by atoms with Crippen LogP contribution in [0.3, 0.4) is 0 Å². The molecule has 0 bridgehead atoms. The summed E-state index contributed by atoms with van der Waals surface area (Å²) in [5.74, 6) is 0.887. The minimum absolute atomic E-state index is 0.167. The number of nitrogens with one attached hydrogen (secondary N) is 3. The number of rotatable bonds is 8. The second-order valence-electron chi connectivity index (χ2n) is 9.09. The predicted octanol–water partition coefficient (Wildman–Crippen LogP) is 4.61. The van der Waals surface area contributed by atoms with Crippen molar-refractivity contribution in [3.63, 3.8) is 0 Å². The molecule has 0 spiro atoms. The molecule has 3 aromatic carbocycles. The van der Waals surface area contributed by atoms with Crippen LogP contribution in [0.25, 0.3) is 6.08 Å². The zero-order chi connectivity index (χ0) is 25.6. The van der Waals surface area contributed by atoms with Crippen LogP contribution in [0.5, 0.6) is 0 Å². The Hall–Kier alpha value is -4.72. The summed E-state index contributed by atoms with van der Waals surface area (Å²) in [7, 11) is 0. The van der Waals surface area contributed by atoms with E-state index in [9.17, 15) is 4.79 Å². The number of aromatic nitrogens is 3. The lowest BCUT2D eigenvalue weighted by molar-refractivity contribution is -0.111. The summed E-state index contributed by atoms with van der Waals surface area (Å²) in [6.45, 7) is 2.49. The molecule has 1 aliphatic carbocycles. The average Bonchev–Trinajstić information content (AvgIpc) is 3.30. The third-order valence-electron chi connectivity index (χ3n) is 6.30. The summed E-state index contributed by atoms with van der Waals surface area (Å²) in [6.07, 6.45) is 5.18. The van der Waals surface area contributed by atoms with Gasteiger partial charge in [-0.15, -0.1) is 0 Å². The number of fused-ring (bicyclic) bond motifs is 1. The first-order chi connectivity index (χ1) is 18.0. The SMILES string of the molecule is Cc1ccccc1NC(=O)/C=C/c1ccc(CNc2nc(N)nc(NC3Cc4ccccc4C3)n2)cc1. The number of amides is 1. The molecule has 186 valence electrons. The Balaban J connectivity index is 1.14. The minimum atomic E-state index is -0.168. The molecule has 4 aromatic rings. The maximum absolute atomic E-state index is 12.2. The van der Waals surface area contributed by atoms with E-state index < -0.39 is 0 Å². The molecule has 0 saturated carbocycles. The van der Waals surface area contributed by atoms with Crippen LogP contribution in [-0.2, 0) is 24.2 Å². The van der Waals surface area contributed by atoms with Crippen molar-refractivity contribution in [2.45, 2.75) is 32.4 Å². The molecule has 0 aliphatic heterocycles. The van der Waals surface area contributed by atoms with Crippen LogP contribution in [0.2, 0.25) is 0 Å². The van der Waals surface area contributed by atoms with E-state index in [2.05, 4.69) is 55.2 Å². The van der Waals surface area contributed by atoms with Crippen LogP contribution in [-0.4, -0.2) is 26.9 Å². The molecule has 0 atom stereocenters. The van der Waals surface area contributed by atoms with Crippen molar-refractivity contribution in [3.05, 3.63) is 107 Å². The monoisotopic (exact) mass is 491 g/mol. The Kier molecular flexibility index (Phi) is 7.07. The molecular formula is C29H29N7O. The van der Waals surface area contributed by atoms with Gasteiger partial charge < -0.3 is 21.7 Å². The van der Waals surface area contributed by atoms with Crippen molar-refractivity contribution in [2.75, 3.05) is 21.7 Å². The van der Waals surface area contributed by atoms with E-state index in [0.717, 1.165) is 35.2 Å². The standard InChI is InChI=1S/C29H29N7O/c1-19-6-2-5-9-25(19)33-26(37)15-14-20-10-12-21(13-11-20)18-31-28-34-27(30)35-29(36-28)32-24-16-22-7-3-4-8-23(22)17-24/h2-15,24H,16-18H2,1H3,(H,33,37)(H4,30,31,32,34,35,36)/b15-14+. The number of para-hydroxylation sites is 1. The lowest BCUT2D eigenvalue weighted by atomic mass is 10.1. The second kappa shape index (κ2) is 10.9. The number of aryl methyl sites for hydroxylation is 1. The van der Waals surface area contributed by atoms with Crippen molar-refractivity contribution < 1.29 is 4.79 Å². The Bertz CT molecular complexity index is 1410. The number of anilines is 4. The van der Waals surface area contributed by atoms with E-state index >= 15 is 0 Å². The van der Waals surface area contributed by atoms with E-state index in [1.54, 1.807) is 6.08 Å². The Morgan fingerprint density at radius 2 is 1.59 bits per heavy atom. The van der Waals surface area contributed by atoms with Gasteiger partial charge in [-0.25, -0.2) is 0 Å². The minimum Gasteiger partial charge on any atom is -0.368 e. The van der Waals surface area contributed by atoms with Crippen molar-refractivity contribution in [3.8, 4) is 0 Å². The molecule has 8 nitrogen and oxygen atoms in total. The number of nitrogens with zero attached hydrogens (tertiary/aromatic N) is 3. The molecule has 1 aliphatic rings. The van der Waals surface area contributed by atoms with E-state index in [1.807, 2.05) is 55.5 Å². The summed E-state index contributed by atoms with van der Waals surface area (Å²) in [5.41, 5.74) is 12.4. The van der Waals surface area contributed by atoms with E-state index in [4.69, 9.17) is 5.73 Å². The highest BCUT2D eigenvalue weighted by Gasteiger charge is 2.21. The van der Waals surface area contributed by atoms with Crippen LogP contribution in [0.15, 0.2) is 78.9 Å². The number of nitrogen functional groups attached to an aromatic ring is 1. The van der Waals surface area contributed by atoms with Crippen LogP contribution >= 0.6 is 0 Å². The first-order valence-corrected chi connectivity index (χ1v) is 12.2. The zero-order valence-corrected chi connectivity index (χ0v) is 20.6. The zero-order valence-electron chi connectivity index (χ0n) is 20.6. The van der Waals surface area contributed by atoms with E-state index in [-0.39, 0.29) is 17.9 Å². The van der Waals surface area contributed by atoms with Gasteiger partial charge in [0, 0.05) is 24.4 Å². The van der Waals surface area contributed by atoms with Gasteiger partial charge in [-0.3, -0.25) is 4.79 Å². The highest BCUT2D eigenvalue weighted by Crippen LogP contribution is 2.24. The van der Waals surface area contributed by atoms with Crippen molar-refractivity contribution in [1.29, 1.82) is 0 Å². The normalized spacial score (nSPS) is 12.9. The summed E-state index contributed by atoms with van der Waals surface area (Å²) in [6, 6.07) is 24.3. The van der Waals surface area contributed by atoms with Gasteiger partial charge in [0.2, 0.25) is 23.8 Å². The fourth-order valence-corrected chi connectivity index (χ4v) is 4.37. The number of hydrogen-bond acceptors (Lipinski definition) is 7. The van der Waals surface area contributed by atoms with Gasteiger partial charge in [-0.2, -0.15) is 15.0 Å². The number of benzene rings is 3. The molecule has 8 heteroatoms. The van der Waals surface area contributed by atoms with Crippen LogP contribution in [0, 0.1) is 6.92 Å². The largest absolute Gasteiger partial charge is 0.368 e. The summed E-state index contributed by atoms with van der Waals surface area (Å²) in [4.78, 5) is 25.2. The van der Waals surface area contributed by atoms with Gasteiger partial charge in [-0.1, -0.05) is 66.7 Å². The van der Waals surface area contributed by atoms with Gasteiger partial charge in [0.15, 0.2) is 0 Å². The molecule has 37 heavy (non-hydrogen) atoms. The average molecular weight is 492 g/mol. The molecule has 1 aromatic heterocycles. The maximum atomic E-state index is 12.2. The molecule has 1 amide bonds. The van der Waals surface area contributed by atoms with Crippen LogP contribution in [0.4, 0.5) is 23.5 Å². The van der Waals surface area contributed by atoms with Gasteiger partial charge >= 0.3 is 0 Å². The third-order valence-corrected chi connectivity index (χ3v) is 6.30. The second-order valence-corrected chi connectivity index (χ2v) is 9.09. The van der Waals surface area contributed by atoms with Gasteiger partial charge in [0.05, 0.1) is 0 Å². The van der Waals surface area contributed by atoms with Gasteiger partial charge in [-0.05, 0) is 59.7 Å². The lowest BCUT2D eigenvalue weighted by Gasteiger charge is -2.13. The Morgan fingerprint density at radius 3 is 2.32 bits per heavy atom. The first kappa shape index (κ1) is 24.0. The van der Waals surface area contributed by atoms with Crippen molar-refractivity contribution in [2.24, 2.45) is 0 Å². The van der Waals surface area contributed by atoms with E-state index in [0.29, 0.717) is 18.4 Å². The molecular weight excluding hydrogens is 462 g/mol. The van der Waals surface area contributed by atoms with Crippen molar-refractivity contribution in [1.82, 2.24) is 15.0 Å². The number of carbonyl (C=O) groups excluding carboxylic acids is 1. The van der Waals surface area contributed by atoms with Crippen molar-refractivity contribution >= 4 is 35.5 Å². The fourth-order valence-electron chi connectivity index (χ4n) is 4.37. The summed E-state index contributed by atoms with van der Waals surface area (Å²) >= 11 is 0. The van der Waals surface area contributed by atoms with E-state index in [1.165, 1.54) is 17.2 Å². The highest BCUT2D eigenvalue weighted by atomic mass is 16.1. The topological polar surface area (TPSA) is 118 Å². The smallest absolute Gasteiger partial charge is 0.248 e. The van der Waals surface area contributed by atoms with Crippen LogP contribution < -0.4 is 21.7 Å². The molecule has 1 heterocycles. The lowest BCUT2D eigenvalue weighted by Crippen LogP contribution is -2.22. The fraction of sp³-hybridized carbons (Fsp3) is 0.172. The maximum Gasteiger partial charge on any atom is 0.248 e. The Labute approximate surface area is 216 Å². The molecule has 0 fully saturated rings. The number of carbonyl (C=O) groups is 1. The van der Waals surface area contributed by atoms with Gasteiger partial charge in [0.25, 0.3) is 0 Å². The molecule has 0 radical (unpaired) electrons. The summed E-state index contributed by atoms with van der Waals surface area (Å²) < 4.78 is 0. The molecule has 0 unspecified atom stereocenters. The molecule has 5 N–H and O–H groups in total. The first-order valence-electron chi connectivity index (χ1n) is 12.2. The molecule has 5 rings (SSSR count). The quantitative estimate of drug-likeness (QED) is 0.266. The number of hydrogen-bond donors (Lipinski definition) is 4. The van der Waals surface area contributed by atoms with Gasteiger partial charge in [0.1, 0.15) is 0 Å². The molecule has 0 saturated heterocycles. The van der Waals surface area contributed by atoms with Crippen LogP contribution in [0.1, 0.15) is 27.8 Å². The Morgan fingerprint density at radius 1 is 0.919 bits per heavy atom. The number of nitrogens with two attached hydrogens (primary N) is 1. The third kappa shape index (κ3) is 6.29. The highest BCUT2D eigenvalue weighted by molar-refractivity contribution is 6.02. The summed E-state index contributed by atoms with van der Waals surface area (Å²) in [5, 5.41) is 9.51. The predicted molar refractivity (Wildman–Crippen MR) is 148 cm³/mol.